The summed E-state index contributed by atoms with van der Waals surface area (Å²) in [6.45, 7) is -0.648. The topological polar surface area (TPSA) is 170 Å². The van der Waals surface area contributed by atoms with Gasteiger partial charge in [0.2, 0.25) is 0 Å². The van der Waals surface area contributed by atoms with Gasteiger partial charge in [0.15, 0.2) is 5.76 Å². The van der Waals surface area contributed by atoms with Crippen molar-refractivity contribution in [3.8, 4) is 0 Å². The smallest absolute Gasteiger partial charge is 0.317 e. The summed E-state index contributed by atoms with van der Waals surface area (Å²) in [5, 5.41) is 29.1. The van der Waals surface area contributed by atoms with Gasteiger partial charge in [-0.1, -0.05) is 0 Å². The van der Waals surface area contributed by atoms with Crippen LogP contribution in [0.15, 0.2) is 28.7 Å². The molecule has 0 bridgehead atoms. The number of hydrogen-bond acceptors (Lipinski definition) is 6. The van der Waals surface area contributed by atoms with E-state index in [4.69, 9.17) is 25.8 Å². The number of nitrogens with two attached hydrogens (primary N) is 1. The molecule has 1 aromatic heterocycles. The Bertz CT molecular complexity index is 961. The number of furan rings is 1. The highest BCUT2D eigenvalue weighted by Gasteiger charge is 2.29. The van der Waals surface area contributed by atoms with E-state index in [0.29, 0.717) is 42.2 Å². The Hall–Kier alpha value is -3.40. The fourth-order valence-electron chi connectivity index (χ4n) is 3.83. The molecule has 3 rings (SSSR count). The number of carboxylic acid groups (broad SMARTS) is 2. The van der Waals surface area contributed by atoms with Gasteiger partial charge in [0, 0.05) is 23.0 Å². The summed E-state index contributed by atoms with van der Waals surface area (Å²) in [7, 11) is 0. The van der Waals surface area contributed by atoms with Crippen molar-refractivity contribution in [2.75, 3.05) is 13.1 Å². The number of nitrogens with zero attached hydrogens (tertiary/aromatic N) is 1. The summed E-state index contributed by atoms with van der Waals surface area (Å²) in [6, 6.07) is 6.34. The molecular formula is C20H24N4O6. The van der Waals surface area contributed by atoms with Gasteiger partial charge in [0.25, 0.3) is 5.91 Å². The first-order chi connectivity index (χ1) is 14.2. The average molecular weight is 416 g/mol. The van der Waals surface area contributed by atoms with Crippen molar-refractivity contribution in [1.82, 2.24) is 10.2 Å². The molecule has 1 aromatic carbocycles. The number of carbonyl (C=O) groups is 3. The quantitative estimate of drug-likeness (QED) is 0.316. The Labute approximate surface area is 172 Å². The second kappa shape index (κ2) is 8.95. The lowest BCUT2D eigenvalue weighted by Gasteiger charge is -2.35. The highest BCUT2D eigenvalue weighted by atomic mass is 16.4. The van der Waals surface area contributed by atoms with Gasteiger partial charge in [-0.3, -0.25) is 24.7 Å². The molecule has 1 saturated carbocycles. The number of nitrogen functional groups attached to an aromatic ring is 1. The van der Waals surface area contributed by atoms with E-state index in [-0.39, 0.29) is 42.7 Å². The molecule has 0 atom stereocenters. The molecule has 0 saturated heterocycles. The van der Waals surface area contributed by atoms with Crippen LogP contribution in [-0.2, 0) is 9.59 Å². The number of benzene rings is 1. The lowest BCUT2D eigenvalue weighted by atomic mass is 9.90. The molecule has 0 unspecified atom stereocenters. The number of amidine groups is 1. The Kier molecular flexibility index (Phi) is 6.36. The Balaban J connectivity index is 1.59. The van der Waals surface area contributed by atoms with E-state index in [1.165, 1.54) is 4.90 Å². The highest BCUT2D eigenvalue weighted by molar-refractivity contribution is 6.00. The fourth-order valence-corrected chi connectivity index (χ4v) is 3.83. The normalized spacial score (nSPS) is 19.0. The number of fused-ring (bicyclic) bond motifs is 1. The number of amides is 1. The number of hydrogen-bond donors (Lipinski definition) is 5. The Morgan fingerprint density at radius 2 is 1.73 bits per heavy atom. The summed E-state index contributed by atoms with van der Waals surface area (Å²) < 4.78 is 5.59. The predicted molar refractivity (Wildman–Crippen MR) is 108 cm³/mol. The summed E-state index contributed by atoms with van der Waals surface area (Å²) in [5.41, 5.74) is 6.55. The number of aliphatic carboxylic acids is 2. The lowest BCUT2D eigenvalue weighted by Crippen LogP contribution is -2.47. The molecule has 1 aliphatic carbocycles. The number of nitrogens with one attached hydrogen (secondary N) is 2. The van der Waals surface area contributed by atoms with Gasteiger partial charge in [-0.2, -0.15) is 0 Å². The first-order valence-electron chi connectivity index (χ1n) is 9.59. The van der Waals surface area contributed by atoms with Crippen LogP contribution in [0.5, 0.6) is 0 Å². The zero-order chi connectivity index (χ0) is 21.8. The Morgan fingerprint density at radius 3 is 2.30 bits per heavy atom. The van der Waals surface area contributed by atoms with E-state index >= 15 is 0 Å². The van der Waals surface area contributed by atoms with Crippen molar-refractivity contribution in [3.05, 3.63) is 35.6 Å². The van der Waals surface area contributed by atoms with E-state index in [9.17, 15) is 14.4 Å². The van der Waals surface area contributed by atoms with Crippen LogP contribution >= 0.6 is 0 Å². The third kappa shape index (κ3) is 5.15. The molecule has 0 aliphatic heterocycles. The molecule has 160 valence electrons. The molecule has 0 spiro atoms. The van der Waals surface area contributed by atoms with Gasteiger partial charge in [-0.05, 0) is 49.9 Å². The summed E-state index contributed by atoms with van der Waals surface area (Å²) >= 11 is 0. The molecule has 1 heterocycles. The minimum absolute atomic E-state index is 0.0688. The zero-order valence-corrected chi connectivity index (χ0v) is 16.3. The van der Waals surface area contributed by atoms with Gasteiger partial charge in [0.1, 0.15) is 11.4 Å². The molecule has 30 heavy (non-hydrogen) atoms. The molecule has 10 nitrogen and oxygen atoms in total. The van der Waals surface area contributed by atoms with Crippen molar-refractivity contribution in [1.29, 1.82) is 5.41 Å². The van der Waals surface area contributed by atoms with E-state index in [1.807, 2.05) is 0 Å². The molecule has 1 amide bonds. The van der Waals surface area contributed by atoms with E-state index in [1.54, 1.807) is 24.3 Å². The highest BCUT2D eigenvalue weighted by Crippen LogP contribution is 2.25. The van der Waals surface area contributed by atoms with Gasteiger partial charge in [-0.15, -0.1) is 0 Å². The molecule has 1 fully saturated rings. The minimum Gasteiger partial charge on any atom is -0.480 e. The first kappa shape index (κ1) is 21.3. The van der Waals surface area contributed by atoms with Gasteiger partial charge < -0.3 is 25.7 Å². The average Bonchev–Trinajstić information content (AvgIpc) is 3.11. The summed E-state index contributed by atoms with van der Waals surface area (Å²) in [4.78, 5) is 36.0. The predicted octanol–water partition coefficient (Wildman–Crippen LogP) is 1.23. The van der Waals surface area contributed by atoms with Crippen molar-refractivity contribution in [2.45, 2.75) is 37.8 Å². The molecule has 2 aromatic rings. The van der Waals surface area contributed by atoms with Crippen LogP contribution in [0, 0.1) is 5.41 Å². The SMILES string of the molecule is N=C(N)c1ccc2oc(C(=O)NC3CCC(N(CC(=O)O)CC(=O)O)CC3)cc2c1. The second-order valence-electron chi connectivity index (χ2n) is 7.45. The molecule has 1 aliphatic rings. The largest absolute Gasteiger partial charge is 0.480 e. The van der Waals surface area contributed by atoms with Crippen LogP contribution in [-0.4, -0.2) is 64.0 Å². The number of carboxylic acids is 2. The van der Waals surface area contributed by atoms with Crippen molar-refractivity contribution in [3.63, 3.8) is 0 Å². The molecular weight excluding hydrogens is 392 g/mol. The fraction of sp³-hybridized carbons (Fsp3) is 0.400. The first-order valence-corrected chi connectivity index (χ1v) is 9.59. The van der Waals surface area contributed by atoms with Crippen LogP contribution in [0.4, 0.5) is 0 Å². The Morgan fingerprint density at radius 1 is 1.10 bits per heavy atom. The maximum Gasteiger partial charge on any atom is 0.317 e. The van der Waals surface area contributed by atoms with Crippen molar-refractivity contribution in [2.24, 2.45) is 5.73 Å². The van der Waals surface area contributed by atoms with E-state index in [0.717, 1.165) is 0 Å². The molecule has 6 N–H and O–H groups in total. The van der Waals surface area contributed by atoms with Gasteiger partial charge in [0.05, 0.1) is 13.1 Å². The van der Waals surface area contributed by atoms with E-state index < -0.39 is 11.9 Å². The monoisotopic (exact) mass is 416 g/mol. The van der Waals surface area contributed by atoms with Crippen molar-refractivity contribution >= 4 is 34.7 Å². The second-order valence-corrected chi connectivity index (χ2v) is 7.45. The molecule has 0 radical (unpaired) electrons. The van der Waals surface area contributed by atoms with Gasteiger partial charge in [-0.25, -0.2) is 0 Å². The van der Waals surface area contributed by atoms with Crippen LogP contribution in [0.25, 0.3) is 11.0 Å². The molecule has 10 heteroatoms. The van der Waals surface area contributed by atoms with Crippen LogP contribution in [0.3, 0.4) is 0 Å². The third-order valence-electron chi connectivity index (χ3n) is 5.28. The maximum absolute atomic E-state index is 12.6. The van der Waals surface area contributed by atoms with Crippen LogP contribution < -0.4 is 11.1 Å². The third-order valence-corrected chi connectivity index (χ3v) is 5.28. The zero-order valence-electron chi connectivity index (χ0n) is 16.3. The standard InChI is InChI=1S/C20H24N4O6/c21-19(22)11-1-6-15-12(7-11)8-16(30-15)20(29)23-13-2-4-14(5-3-13)24(9-17(25)26)10-18(27)28/h1,6-8,13-14H,2-5,9-10H2,(H3,21,22)(H,23,29)(H,25,26)(H,27,28). The number of carbonyl (C=O) groups excluding carboxylic acids is 1. The minimum atomic E-state index is -1.07. The maximum atomic E-state index is 12.6. The lowest BCUT2D eigenvalue weighted by molar-refractivity contribution is -0.143. The van der Waals surface area contributed by atoms with E-state index in [2.05, 4.69) is 5.32 Å². The van der Waals surface area contributed by atoms with Gasteiger partial charge >= 0.3 is 11.9 Å². The summed E-state index contributed by atoms with van der Waals surface area (Å²) in [6.07, 6.45) is 2.41. The summed E-state index contributed by atoms with van der Waals surface area (Å²) in [5.74, 6) is -2.40. The number of rotatable bonds is 8. The van der Waals surface area contributed by atoms with Crippen LogP contribution in [0.1, 0.15) is 41.8 Å². The van der Waals surface area contributed by atoms with Crippen molar-refractivity contribution < 1.29 is 29.0 Å². The van der Waals surface area contributed by atoms with Crippen LogP contribution in [0.2, 0.25) is 0 Å².